The molecule has 4 heteroatoms. The fourth-order valence-corrected chi connectivity index (χ4v) is 1.52. The van der Waals surface area contributed by atoms with Gasteiger partial charge in [-0.1, -0.05) is 6.08 Å². The van der Waals surface area contributed by atoms with Crippen LogP contribution in [0.2, 0.25) is 0 Å². The first-order valence-corrected chi connectivity index (χ1v) is 4.97. The number of hydrogen-bond acceptors (Lipinski definition) is 2. The third kappa shape index (κ3) is 3.03. The van der Waals surface area contributed by atoms with Gasteiger partial charge in [0.15, 0.2) is 7.98 Å². The molecule has 12 heavy (non-hydrogen) atoms. The van der Waals surface area contributed by atoms with Crippen molar-refractivity contribution in [2.24, 2.45) is 0 Å². The monoisotopic (exact) mass is 229 g/mol. The number of allylic oxidation sites excluding steroid dienone is 3. The van der Waals surface area contributed by atoms with Crippen molar-refractivity contribution in [3.63, 3.8) is 0 Å². The highest BCUT2D eigenvalue weighted by Gasteiger charge is 2.05. The van der Waals surface area contributed by atoms with Gasteiger partial charge in [-0.15, -0.1) is 0 Å². The number of halogens is 1. The van der Waals surface area contributed by atoms with Crippen molar-refractivity contribution in [1.29, 1.82) is 0 Å². The normalized spacial score (nSPS) is 16.8. The summed E-state index contributed by atoms with van der Waals surface area (Å²) in [4.78, 5) is 0. The highest BCUT2D eigenvalue weighted by Crippen LogP contribution is 2.24. The van der Waals surface area contributed by atoms with E-state index in [0.717, 1.165) is 36.2 Å². The fraction of sp³-hybridized carbons (Fsp3) is 0.500. The van der Waals surface area contributed by atoms with Crippen LogP contribution in [0, 0.1) is 0 Å². The smallest absolute Gasteiger partial charge is 0.182 e. The fourth-order valence-electron chi connectivity index (χ4n) is 1.01. The molecule has 1 aliphatic rings. The zero-order chi connectivity index (χ0) is 8.81. The van der Waals surface area contributed by atoms with Gasteiger partial charge in [0.2, 0.25) is 0 Å². The third-order valence-corrected chi connectivity index (χ3v) is 2.38. The quantitative estimate of drug-likeness (QED) is 0.576. The van der Waals surface area contributed by atoms with Gasteiger partial charge in [-0.25, -0.2) is 0 Å². The first kappa shape index (κ1) is 9.87. The van der Waals surface area contributed by atoms with Crippen LogP contribution in [-0.2, 0) is 4.74 Å². The Kier molecular flexibility index (Phi) is 4.47. The Balaban J connectivity index is 2.31. The van der Waals surface area contributed by atoms with E-state index in [2.05, 4.69) is 33.3 Å². The molecule has 0 saturated heterocycles. The van der Waals surface area contributed by atoms with Crippen LogP contribution in [0.25, 0.3) is 0 Å². The maximum Gasteiger partial charge on any atom is 0.182 e. The van der Waals surface area contributed by atoms with Crippen LogP contribution < -0.4 is 5.23 Å². The summed E-state index contributed by atoms with van der Waals surface area (Å²) >= 11 is 3.45. The number of hydrogen-bond donors (Lipinski definition) is 1. The van der Waals surface area contributed by atoms with Gasteiger partial charge in [0.25, 0.3) is 0 Å². The van der Waals surface area contributed by atoms with E-state index in [0.29, 0.717) is 0 Å². The van der Waals surface area contributed by atoms with Gasteiger partial charge >= 0.3 is 0 Å². The molecule has 0 amide bonds. The van der Waals surface area contributed by atoms with Crippen molar-refractivity contribution >= 4 is 23.9 Å². The minimum Gasteiger partial charge on any atom is -0.491 e. The van der Waals surface area contributed by atoms with Gasteiger partial charge in [0.1, 0.15) is 5.76 Å². The van der Waals surface area contributed by atoms with Crippen molar-refractivity contribution < 1.29 is 4.74 Å². The summed E-state index contributed by atoms with van der Waals surface area (Å²) in [6.07, 6.45) is 6.47. The van der Waals surface area contributed by atoms with E-state index in [-0.39, 0.29) is 0 Å². The Morgan fingerprint density at radius 2 is 2.25 bits per heavy atom. The van der Waals surface area contributed by atoms with Crippen LogP contribution in [0.3, 0.4) is 0 Å². The summed E-state index contributed by atoms with van der Waals surface area (Å²) in [5.41, 5.74) is 0. The lowest BCUT2D eigenvalue weighted by Crippen LogP contribution is -2.15. The molecule has 0 aliphatic heterocycles. The summed E-state index contributed by atoms with van der Waals surface area (Å²) in [5.74, 6) is 0.983. The van der Waals surface area contributed by atoms with Crippen molar-refractivity contribution in [3.8, 4) is 0 Å². The van der Waals surface area contributed by atoms with E-state index >= 15 is 0 Å². The molecule has 0 aromatic carbocycles. The van der Waals surface area contributed by atoms with Crippen LogP contribution >= 0.6 is 15.9 Å². The van der Waals surface area contributed by atoms with Crippen LogP contribution in [0.15, 0.2) is 22.4 Å². The maximum atomic E-state index is 5.52. The van der Waals surface area contributed by atoms with E-state index in [1.165, 1.54) is 0 Å². The first-order chi connectivity index (χ1) is 5.84. The zero-order valence-corrected chi connectivity index (χ0v) is 8.86. The molecule has 0 aromatic heterocycles. The summed E-state index contributed by atoms with van der Waals surface area (Å²) in [6, 6.07) is 0. The molecule has 0 saturated carbocycles. The van der Waals surface area contributed by atoms with Crippen molar-refractivity contribution in [2.75, 3.05) is 13.2 Å². The molecule has 1 N–H and O–H groups in total. The summed E-state index contributed by atoms with van der Waals surface area (Å²) < 4.78 is 6.61. The molecule has 1 aliphatic carbocycles. The van der Waals surface area contributed by atoms with Crippen LogP contribution in [-0.4, -0.2) is 21.1 Å². The first-order valence-electron chi connectivity index (χ1n) is 4.18. The average molecular weight is 230 g/mol. The summed E-state index contributed by atoms with van der Waals surface area (Å²) in [7, 11) is 1.92. The molecule has 0 fully saturated rings. The lowest BCUT2D eigenvalue weighted by Gasteiger charge is -2.12. The van der Waals surface area contributed by atoms with Crippen molar-refractivity contribution in [2.45, 2.75) is 12.8 Å². The molecule has 0 aromatic rings. The van der Waals surface area contributed by atoms with E-state index in [1.807, 2.05) is 7.98 Å². The molecule has 0 spiro atoms. The third-order valence-electron chi connectivity index (χ3n) is 1.66. The molecule has 66 valence electrons. The largest absolute Gasteiger partial charge is 0.491 e. The van der Waals surface area contributed by atoms with Gasteiger partial charge < -0.3 is 9.96 Å². The minimum absolute atomic E-state index is 0.727. The lowest BCUT2D eigenvalue weighted by atomic mass is 10.2. The van der Waals surface area contributed by atoms with Crippen molar-refractivity contribution in [1.82, 2.24) is 5.23 Å². The number of rotatable bonds is 4. The Morgan fingerprint density at radius 3 is 2.92 bits per heavy atom. The summed E-state index contributed by atoms with van der Waals surface area (Å²) in [6.45, 7) is 1.61. The lowest BCUT2D eigenvalue weighted by molar-refractivity contribution is 0.227. The maximum absolute atomic E-state index is 5.52. The molecule has 0 atom stereocenters. The predicted molar refractivity (Wildman–Crippen MR) is 56.8 cm³/mol. The van der Waals surface area contributed by atoms with E-state index in [4.69, 9.17) is 4.74 Å². The SMILES string of the molecule is BNCCOC1=CCCC=C1Br. The molecular formula is C8H13BBrNO. The summed E-state index contributed by atoms with van der Waals surface area (Å²) in [5, 5.41) is 3.04. The van der Waals surface area contributed by atoms with Gasteiger partial charge in [0.05, 0.1) is 11.1 Å². The Bertz CT molecular complexity index is 203. The van der Waals surface area contributed by atoms with E-state index in [9.17, 15) is 0 Å². The van der Waals surface area contributed by atoms with Crippen LogP contribution in [0.4, 0.5) is 0 Å². The molecule has 1 rings (SSSR count). The molecule has 0 radical (unpaired) electrons. The molecular weight excluding hydrogens is 217 g/mol. The highest BCUT2D eigenvalue weighted by atomic mass is 79.9. The second-order valence-electron chi connectivity index (χ2n) is 2.65. The second kappa shape index (κ2) is 5.43. The highest BCUT2D eigenvalue weighted by molar-refractivity contribution is 9.11. The van der Waals surface area contributed by atoms with Crippen molar-refractivity contribution in [3.05, 3.63) is 22.4 Å². The standard InChI is InChI=1S/C8H13BBrNO/c9-11-5-6-12-8-4-2-1-3-7(8)10/h3-4,11H,1-2,5-6,9H2. The number of nitrogens with one attached hydrogen (secondary N) is 1. The molecule has 0 unspecified atom stereocenters. The van der Waals surface area contributed by atoms with E-state index in [1.54, 1.807) is 0 Å². The topological polar surface area (TPSA) is 21.3 Å². The van der Waals surface area contributed by atoms with Gasteiger partial charge in [-0.2, -0.15) is 0 Å². The average Bonchev–Trinajstić information content (AvgIpc) is 2.09. The predicted octanol–water partition coefficient (Wildman–Crippen LogP) is 1.10. The minimum atomic E-state index is 0.727. The Morgan fingerprint density at radius 1 is 1.50 bits per heavy atom. The van der Waals surface area contributed by atoms with E-state index < -0.39 is 0 Å². The zero-order valence-electron chi connectivity index (χ0n) is 7.27. The number of ether oxygens (including phenoxy) is 1. The van der Waals surface area contributed by atoms with Crippen LogP contribution in [0.5, 0.6) is 0 Å². The Hall–Kier alpha value is -0.215. The molecule has 2 nitrogen and oxygen atoms in total. The van der Waals surface area contributed by atoms with Crippen LogP contribution in [0.1, 0.15) is 12.8 Å². The van der Waals surface area contributed by atoms with Gasteiger partial charge in [0, 0.05) is 6.54 Å². The van der Waals surface area contributed by atoms with Gasteiger partial charge in [-0.05, 0) is 34.8 Å². The molecule has 0 bridgehead atoms. The molecule has 0 heterocycles. The second-order valence-corrected chi connectivity index (χ2v) is 3.50. The van der Waals surface area contributed by atoms with Gasteiger partial charge in [-0.3, -0.25) is 0 Å². The Labute approximate surface area is 82.6 Å².